The summed E-state index contributed by atoms with van der Waals surface area (Å²) in [6, 6.07) is 10.6. The fraction of sp³-hybridized carbons (Fsp3) is 0.267. The van der Waals surface area contributed by atoms with Crippen LogP contribution in [0.15, 0.2) is 47.5 Å². The van der Waals surface area contributed by atoms with Gasteiger partial charge in [0.25, 0.3) is 0 Å². The maximum Gasteiger partial charge on any atom is 0.213 e. The van der Waals surface area contributed by atoms with Crippen LogP contribution < -0.4 is 10.1 Å². The monoisotopic (exact) mass is 306 g/mol. The van der Waals surface area contributed by atoms with Crippen LogP contribution in [-0.2, 0) is 16.4 Å². The molecule has 0 amide bonds. The van der Waals surface area contributed by atoms with E-state index in [9.17, 15) is 8.42 Å². The number of rotatable bonds is 6. The van der Waals surface area contributed by atoms with Crippen LogP contribution in [0.25, 0.3) is 0 Å². The average Bonchev–Trinajstić information content (AvgIpc) is 2.53. The number of nitrogens with zero attached hydrogens (tertiary/aromatic N) is 1. The number of hydrogen-bond donors (Lipinski definition) is 1. The molecule has 0 aliphatic rings. The van der Waals surface area contributed by atoms with Crippen LogP contribution in [0.2, 0.25) is 0 Å². The summed E-state index contributed by atoms with van der Waals surface area (Å²) in [6.45, 7) is 2.13. The Bertz CT molecular complexity index is 714. The lowest BCUT2D eigenvalue weighted by molar-refractivity contribution is 0.397. The van der Waals surface area contributed by atoms with Crippen LogP contribution in [0.5, 0.6) is 5.88 Å². The van der Waals surface area contributed by atoms with Crippen molar-refractivity contribution in [2.45, 2.75) is 18.4 Å². The minimum atomic E-state index is -3.25. The summed E-state index contributed by atoms with van der Waals surface area (Å²) < 4.78 is 29.2. The number of ether oxygens (including phenoxy) is 1. The molecule has 1 heterocycles. The molecule has 2 rings (SSSR count). The molecule has 21 heavy (non-hydrogen) atoms. The smallest absolute Gasteiger partial charge is 0.213 e. The van der Waals surface area contributed by atoms with Gasteiger partial charge < -0.3 is 10.1 Å². The Kier molecular flexibility index (Phi) is 4.80. The maximum atomic E-state index is 12.1. The second-order valence-electron chi connectivity index (χ2n) is 4.46. The van der Waals surface area contributed by atoms with E-state index in [1.807, 2.05) is 18.2 Å². The van der Waals surface area contributed by atoms with Gasteiger partial charge in [-0.1, -0.05) is 19.1 Å². The number of benzene rings is 1. The molecule has 6 heteroatoms. The van der Waals surface area contributed by atoms with Gasteiger partial charge in [-0.05, 0) is 23.8 Å². The number of hydrogen-bond acceptors (Lipinski definition) is 5. The van der Waals surface area contributed by atoms with Gasteiger partial charge in [-0.3, -0.25) is 0 Å². The van der Waals surface area contributed by atoms with E-state index < -0.39 is 9.84 Å². The van der Waals surface area contributed by atoms with Crippen LogP contribution in [0.3, 0.4) is 0 Å². The molecule has 0 aliphatic carbocycles. The first-order valence-corrected chi connectivity index (χ1v) is 8.26. The van der Waals surface area contributed by atoms with E-state index in [0.29, 0.717) is 23.0 Å². The molecule has 0 atom stereocenters. The highest BCUT2D eigenvalue weighted by Crippen LogP contribution is 2.22. The zero-order chi connectivity index (χ0) is 15.3. The van der Waals surface area contributed by atoms with Crippen molar-refractivity contribution in [3.05, 3.63) is 48.2 Å². The normalized spacial score (nSPS) is 11.1. The molecule has 5 nitrogen and oxygen atoms in total. The number of methoxy groups -OCH3 is 1. The fourth-order valence-electron chi connectivity index (χ4n) is 1.91. The molecule has 0 saturated carbocycles. The minimum absolute atomic E-state index is 0.0781. The van der Waals surface area contributed by atoms with Crippen molar-refractivity contribution in [1.29, 1.82) is 0 Å². The van der Waals surface area contributed by atoms with E-state index in [-0.39, 0.29) is 5.75 Å². The Hall–Kier alpha value is -2.08. The molecule has 1 N–H and O–H groups in total. The molecule has 0 radical (unpaired) electrons. The molecule has 0 bridgehead atoms. The number of pyridine rings is 1. The van der Waals surface area contributed by atoms with Gasteiger partial charge in [0.2, 0.25) is 5.88 Å². The summed E-state index contributed by atoms with van der Waals surface area (Å²) >= 11 is 0. The zero-order valence-corrected chi connectivity index (χ0v) is 12.9. The highest BCUT2D eigenvalue weighted by atomic mass is 32.2. The summed E-state index contributed by atoms with van der Waals surface area (Å²) in [7, 11) is -1.69. The molecule has 0 saturated heterocycles. The number of nitrogens with one attached hydrogen (secondary N) is 1. The van der Waals surface area contributed by atoms with Gasteiger partial charge in [0.05, 0.1) is 23.4 Å². The Morgan fingerprint density at radius 2 is 2.00 bits per heavy atom. The van der Waals surface area contributed by atoms with Crippen molar-refractivity contribution >= 4 is 15.5 Å². The quantitative estimate of drug-likeness (QED) is 0.888. The molecule has 0 unspecified atom stereocenters. The largest absolute Gasteiger partial charge is 0.481 e. The summed E-state index contributed by atoms with van der Waals surface area (Å²) in [5.74, 6) is 0.609. The van der Waals surface area contributed by atoms with Gasteiger partial charge in [-0.25, -0.2) is 13.4 Å². The third-order valence-electron chi connectivity index (χ3n) is 3.09. The molecule has 0 aliphatic heterocycles. The van der Waals surface area contributed by atoms with Crippen LogP contribution in [-0.4, -0.2) is 26.3 Å². The lowest BCUT2D eigenvalue weighted by atomic mass is 10.2. The number of aromatic nitrogens is 1. The highest BCUT2D eigenvalue weighted by molar-refractivity contribution is 7.91. The van der Waals surface area contributed by atoms with Gasteiger partial charge in [0.15, 0.2) is 9.84 Å². The van der Waals surface area contributed by atoms with Crippen molar-refractivity contribution < 1.29 is 13.2 Å². The predicted octanol–water partition coefficient (Wildman–Crippen LogP) is 2.50. The number of sulfone groups is 1. The molecule has 1 aromatic heterocycles. The summed E-state index contributed by atoms with van der Waals surface area (Å²) in [5, 5.41) is 3.16. The van der Waals surface area contributed by atoms with Crippen LogP contribution in [0.1, 0.15) is 12.5 Å². The van der Waals surface area contributed by atoms with Crippen LogP contribution in [0, 0.1) is 0 Å². The van der Waals surface area contributed by atoms with Gasteiger partial charge >= 0.3 is 0 Å². The highest BCUT2D eigenvalue weighted by Gasteiger charge is 2.15. The topological polar surface area (TPSA) is 68.3 Å². The Balaban J connectivity index is 2.21. The Morgan fingerprint density at radius 3 is 2.71 bits per heavy atom. The third kappa shape index (κ3) is 3.72. The second kappa shape index (κ2) is 6.58. The fourth-order valence-corrected chi connectivity index (χ4v) is 2.98. The molecule has 0 spiro atoms. The minimum Gasteiger partial charge on any atom is -0.481 e. The third-order valence-corrected chi connectivity index (χ3v) is 4.88. The first kappa shape index (κ1) is 15.3. The zero-order valence-electron chi connectivity index (χ0n) is 12.0. The van der Waals surface area contributed by atoms with Crippen molar-refractivity contribution in [2.24, 2.45) is 0 Å². The number of para-hydroxylation sites is 1. The first-order valence-electron chi connectivity index (χ1n) is 6.61. The first-order chi connectivity index (χ1) is 10.1. The summed E-state index contributed by atoms with van der Waals surface area (Å²) in [4.78, 5) is 4.36. The molecular formula is C15H18N2O3S. The summed E-state index contributed by atoms with van der Waals surface area (Å²) in [6.07, 6.45) is 1.66. The van der Waals surface area contributed by atoms with Crippen molar-refractivity contribution in [3.8, 4) is 5.88 Å². The van der Waals surface area contributed by atoms with E-state index in [1.165, 1.54) is 0 Å². The standard InChI is InChI=1S/C15H18N2O3S/c1-3-21(18,19)14-7-5-4-6-13(14)17-11-12-8-9-16-15(10-12)20-2/h4-10,17H,3,11H2,1-2H3. The lowest BCUT2D eigenvalue weighted by Gasteiger charge is -2.12. The van der Waals surface area contributed by atoms with E-state index in [4.69, 9.17) is 4.74 Å². The molecule has 0 fully saturated rings. The SMILES string of the molecule is CCS(=O)(=O)c1ccccc1NCc1ccnc(OC)c1. The number of anilines is 1. The van der Waals surface area contributed by atoms with E-state index in [1.54, 1.807) is 38.4 Å². The lowest BCUT2D eigenvalue weighted by Crippen LogP contribution is -2.09. The Labute approximate surface area is 124 Å². The van der Waals surface area contributed by atoms with Gasteiger partial charge in [0.1, 0.15) is 0 Å². The molecule has 112 valence electrons. The van der Waals surface area contributed by atoms with E-state index in [0.717, 1.165) is 5.56 Å². The average molecular weight is 306 g/mol. The van der Waals surface area contributed by atoms with E-state index in [2.05, 4.69) is 10.3 Å². The van der Waals surface area contributed by atoms with Crippen LogP contribution in [0.4, 0.5) is 5.69 Å². The van der Waals surface area contributed by atoms with E-state index >= 15 is 0 Å². The predicted molar refractivity (Wildman–Crippen MR) is 82.3 cm³/mol. The Morgan fingerprint density at radius 1 is 1.24 bits per heavy atom. The van der Waals surface area contributed by atoms with Crippen molar-refractivity contribution in [3.63, 3.8) is 0 Å². The van der Waals surface area contributed by atoms with Crippen LogP contribution >= 0.6 is 0 Å². The molecule has 1 aromatic carbocycles. The molecular weight excluding hydrogens is 288 g/mol. The van der Waals surface area contributed by atoms with Gasteiger partial charge in [-0.15, -0.1) is 0 Å². The second-order valence-corrected chi connectivity index (χ2v) is 6.71. The molecule has 2 aromatic rings. The van der Waals surface area contributed by atoms with Gasteiger partial charge in [0, 0.05) is 18.8 Å². The van der Waals surface area contributed by atoms with Crippen molar-refractivity contribution in [1.82, 2.24) is 4.98 Å². The maximum absolute atomic E-state index is 12.1. The summed E-state index contributed by atoms with van der Waals surface area (Å²) in [5.41, 5.74) is 1.57. The van der Waals surface area contributed by atoms with Gasteiger partial charge in [-0.2, -0.15) is 0 Å². The van der Waals surface area contributed by atoms with Crippen molar-refractivity contribution in [2.75, 3.05) is 18.2 Å².